The average Bonchev–Trinajstić information content (AvgIpc) is 2.91. The van der Waals surface area contributed by atoms with Crippen molar-refractivity contribution in [1.29, 1.82) is 0 Å². The lowest BCUT2D eigenvalue weighted by Gasteiger charge is -2.07. The van der Waals surface area contributed by atoms with Crippen molar-refractivity contribution in [2.24, 2.45) is 5.73 Å². The fourth-order valence-corrected chi connectivity index (χ4v) is 1.83. The van der Waals surface area contributed by atoms with Gasteiger partial charge in [0.1, 0.15) is 23.9 Å². The topological polar surface area (TPSA) is 65.5 Å². The second-order valence-corrected chi connectivity index (χ2v) is 5.05. The second-order valence-electron chi connectivity index (χ2n) is 5.05. The number of carbonyl (C=O) groups excluding carboxylic acids is 1. The SMILES string of the molecule is CC(C)c1ccc(OCc2ccc(/C=C\C(N)=O)o2)cc1. The smallest absolute Gasteiger partial charge is 0.241 e. The van der Waals surface area contributed by atoms with Gasteiger partial charge in [-0.2, -0.15) is 0 Å². The molecule has 0 unspecified atom stereocenters. The molecular formula is C17H19NO3. The number of nitrogens with two attached hydrogens (primary N) is 1. The maximum Gasteiger partial charge on any atom is 0.241 e. The molecule has 1 aromatic heterocycles. The average molecular weight is 285 g/mol. The van der Waals surface area contributed by atoms with Crippen LogP contribution < -0.4 is 10.5 Å². The Labute approximate surface area is 124 Å². The van der Waals surface area contributed by atoms with Crippen LogP contribution in [-0.4, -0.2) is 5.91 Å². The molecule has 0 bridgehead atoms. The molecule has 0 saturated carbocycles. The van der Waals surface area contributed by atoms with E-state index in [0.717, 1.165) is 5.75 Å². The van der Waals surface area contributed by atoms with Crippen LogP contribution in [0.1, 0.15) is 36.8 Å². The Kier molecular flexibility index (Phi) is 4.82. The van der Waals surface area contributed by atoms with Crippen molar-refractivity contribution >= 4 is 12.0 Å². The Morgan fingerprint density at radius 2 is 1.95 bits per heavy atom. The number of rotatable bonds is 6. The molecule has 21 heavy (non-hydrogen) atoms. The summed E-state index contributed by atoms with van der Waals surface area (Å²) >= 11 is 0. The van der Waals surface area contributed by atoms with Gasteiger partial charge in [0.05, 0.1) is 0 Å². The Balaban J connectivity index is 1.92. The maximum atomic E-state index is 10.6. The molecule has 0 radical (unpaired) electrons. The molecule has 1 aromatic carbocycles. The molecule has 4 heteroatoms. The maximum absolute atomic E-state index is 10.6. The van der Waals surface area contributed by atoms with Crippen LogP contribution in [0.3, 0.4) is 0 Å². The molecule has 110 valence electrons. The summed E-state index contributed by atoms with van der Waals surface area (Å²) in [4.78, 5) is 10.6. The van der Waals surface area contributed by atoms with Gasteiger partial charge in [-0.15, -0.1) is 0 Å². The highest BCUT2D eigenvalue weighted by Gasteiger charge is 2.03. The Hall–Kier alpha value is -2.49. The summed E-state index contributed by atoms with van der Waals surface area (Å²) in [6.45, 7) is 4.64. The predicted molar refractivity (Wildman–Crippen MR) is 81.8 cm³/mol. The van der Waals surface area contributed by atoms with Gasteiger partial charge in [-0.1, -0.05) is 26.0 Å². The molecule has 1 heterocycles. The summed E-state index contributed by atoms with van der Waals surface area (Å²) in [5.74, 6) is 2.05. The van der Waals surface area contributed by atoms with Crippen molar-refractivity contribution in [2.45, 2.75) is 26.4 Å². The molecule has 0 atom stereocenters. The number of furan rings is 1. The van der Waals surface area contributed by atoms with Gasteiger partial charge in [0.2, 0.25) is 5.91 Å². The second kappa shape index (κ2) is 6.79. The van der Waals surface area contributed by atoms with E-state index in [-0.39, 0.29) is 0 Å². The van der Waals surface area contributed by atoms with Crippen molar-refractivity contribution in [2.75, 3.05) is 0 Å². The summed E-state index contributed by atoms with van der Waals surface area (Å²) in [5, 5.41) is 0. The number of carbonyl (C=O) groups is 1. The molecule has 2 aromatic rings. The predicted octanol–water partition coefficient (Wildman–Crippen LogP) is 3.48. The normalized spacial score (nSPS) is 11.2. The minimum absolute atomic E-state index is 0.339. The summed E-state index contributed by atoms with van der Waals surface area (Å²) in [6.07, 6.45) is 2.79. The highest BCUT2D eigenvalue weighted by Crippen LogP contribution is 2.20. The Morgan fingerprint density at radius 3 is 2.57 bits per heavy atom. The lowest BCUT2D eigenvalue weighted by molar-refractivity contribution is -0.113. The van der Waals surface area contributed by atoms with E-state index >= 15 is 0 Å². The van der Waals surface area contributed by atoms with Crippen LogP contribution in [0.5, 0.6) is 5.75 Å². The van der Waals surface area contributed by atoms with E-state index in [9.17, 15) is 4.79 Å². The molecule has 0 saturated heterocycles. The van der Waals surface area contributed by atoms with Crippen molar-refractivity contribution in [3.05, 3.63) is 59.6 Å². The van der Waals surface area contributed by atoms with Crippen LogP contribution in [0.2, 0.25) is 0 Å². The van der Waals surface area contributed by atoms with E-state index in [2.05, 4.69) is 26.0 Å². The quantitative estimate of drug-likeness (QED) is 0.826. The number of benzene rings is 1. The first kappa shape index (κ1) is 14.9. The minimum Gasteiger partial charge on any atom is -0.486 e. The van der Waals surface area contributed by atoms with Crippen molar-refractivity contribution in [3.8, 4) is 5.75 Å². The molecule has 0 aliphatic rings. The summed E-state index contributed by atoms with van der Waals surface area (Å²) in [7, 11) is 0. The lowest BCUT2D eigenvalue weighted by Crippen LogP contribution is -2.04. The lowest BCUT2D eigenvalue weighted by atomic mass is 10.0. The van der Waals surface area contributed by atoms with E-state index in [1.54, 1.807) is 6.07 Å². The molecule has 1 amide bonds. The van der Waals surface area contributed by atoms with Crippen LogP contribution in [0.25, 0.3) is 6.08 Å². The van der Waals surface area contributed by atoms with Gasteiger partial charge in [-0.3, -0.25) is 4.79 Å². The Bertz CT molecular complexity index is 624. The standard InChI is InChI=1S/C17H19NO3/c1-12(2)13-3-5-14(6-4-13)20-11-16-8-7-15(21-16)9-10-17(18)19/h3-10,12H,11H2,1-2H3,(H2,18,19)/b10-9-. The summed E-state index contributed by atoms with van der Waals surface area (Å²) in [5.41, 5.74) is 6.30. The first-order valence-corrected chi connectivity index (χ1v) is 6.83. The fraction of sp³-hybridized carbons (Fsp3) is 0.235. The highest BCUT2D eigenvalue weighted by molar-refractivity contribution is 5.89. The van der Waals surface area contributed by atoms with Gasteiger partial charge in [0, 0.05) is 6.08 Å². The van der Waals surface area contributed by atoms with Gasteiger partial charge < -0.3 is 14.9 Å². The molecule has 0 aliphatic carbocycles. The van der Waals surface area contributed by atoms with E-state index in [1.165, 1.54) is 17.7 Å². The van der Waals surface area contributed by atoms with Crippen molar-refractivity contribution < 1.29 is 13.9 Å². The van der Waals surface area contributed by atoms with Gasteiger partial charge in [0.25, 0.3) is 0 Å². The monoisotopic (exact) mass is 285 g/mol. The third-order valence-corrected chi connectivity index (χ3v) is 3.02. The van der Waals surface area contributed by atoms with Crippen LogP contribution in [0.15, 0.2) is 46.9 Å². The minimum atomic E-state index is -0.505. The molecular weight excluding hydrogens is 266 g/mol. The zero-order chi connectivity index (χ0) is 15.2. The third-order valence-electron chi connectivity index (χ3n) is 3.02. The molecule has 2 N–H and O–H groups in total. The first-order chi connectivity index (χ1) is 10.0. The van der Waals surface area contributed by atoms with Gasteiger partial charge in [-0.25, -0.2) is 0 Å². The molecule has 0 aliphatic heterocycles. The third kappa shape index (κ3) is 4.53. The molecule has 2 rings (SSSR count). The van der Waals surface area contributed by atoms with E-state index in [0.29, 0.717) is 24.0 Å². The summed E-state index contributed by atoms with van der Waals surface area (Å²) < 4.78 is 11.2. The number of ether oxygens (including phenoxy) is 1. The van der Waals surface area contributed by atoms with Crippen LogP contribution in [-0.2, 0) is 11.4 Å². The number of hydrogen-bond donors (Lipinski definition) is 1. The van der Waals surface area contributed by atoms with E-state index < -0.39 is 5.91 Å². The van der Waals surface area contributed by atoms with Gasteiger partial charge >= 0.3 is 0 Å². The van der Waals surface area contributed by atoms with Gasteiger partial charge in [-0.05, 0) is 41.8 Å². The van der Waals surface area contributed by atoms with Crippen molar-refractivity contribution in [3.63, 3.8) is 0 Å². The molecule has 0 fully saturated rings. The molecule has 0 spiro atoms. The number of amides is 1. The van der Waals surface area contributed by atoms with Crippen LogP contribution in [0.4, 0.5) is 0 Å². The van der Waals surface area contributed by atoms with E-state index in [1.807, 2.05) is 18.2 Å². The summed E-state index contributed by atoms with van der Waals surface area (Å²) in [6, 6.07) is 11.6. The van der Waals surface area contributed by atoms with Crippen LogP contribution in [0, 0.1) is 0 Å². The first-order valence-electron chi connectivity index (χ1n) is 6.83. The number of primary amides is 1. The zero-order valence-corrected chi connectivity index (χ0v) is 12.2. The highest BCUT2D eigenvalue weighted by atomic mass is 16.5. The van der Waals surface area contributed by atoms with E-state index in [4.69, 9.17) is 14.9 Å². The van der Waals surface area contributed by atoms with Gasteiger partial charge in [0.15, 0.2) is 0 Å². The van der Waals surface area contributed by atoms with Crippen LogP contribution >= 0.6 is 0 Å². The van der Waals surface area contributed by atoms with Crippen molar-refractivity contribution in [1.82, 2.24) is 0 Å². The fourth-order valence-electron chi connectivity index (χ4n) is 1.83. The number of hydrogen-bond acceptors (Lipinski definition) is 3. The largest absolute Gasteiger partial charge is 0.486 e. The Morgan fingerprint density at radius 1 is 1.24 bits per heavy atom. The molecule has 4 nitrogen and oxygen atoms in total. The zero-order valence-electron chi connectivity index (χ0n) is 12.2.